The minimum absolute atomic E-state index is 0.0126. The fourth-order valence-electron chi connectivity index (χ4n) is 4.43. The standard InChI is InChI=1S/C24H29N3O3/c1-18(19-7-4-3-5-8-19)27-17-20(15-23(27)28)24(29)26-13-11-25(12-14-26)21-9-6-10-22(16-21)30-2/h3-10,16,18,20H,11-15,17H2,1-2H3/t18-,20+/m1/s1. The van der Waals surface area contributed by atoms with Crippen LogP contribution in [0.4, 0.5) is 5.69 Å². The first-order valence-corrected chi connectivity index (χ1v) is 10.6. The number of benzene rings is 2. The summed E-state index contributed by atoms with van der Waals surface area (Å²) in [5.41, 5.74) is 2.21. The molecule has 0 spiro atoms. The molecular weight excluding hydrogens is 378 g/mol. The van der Waals surface area contributed by atoms with Gasteiger partial charge in [-0.3, -0.25) is 9.59 Å². The number of methoxy groups -OCH3 is 1. The lowest BCUT2D eigenvalue weighted by Crippen LogP contribution is -2.50. The van der Waals surface area contributed by atoms with Gasteiger partial charge in [-0.25, -0.2) is 0 Å². The second-order valence-electron chi connectivity index (χ2n) is 8.05. The van der Waals surface area contributed by atoms with E-state index in [0.717, 1.165) is 30.1 Å². The van der Waals surface area contributed by atoms with Crippen LogP contribution in [0.3, 0.4) is 0 Å². The maximum atomic E-state index is 13.1. The monoisotopic (exact) mass is 407 g/mol. The molecule has 0 N–H and O–H groups in total. The number of amides is 2. The molecular formula is C24H29N3O3. The molecule has 0 aliphatic carbocycles. The van der Waals surface area contributed by atoms with Gasteiger partial charge in [-0.1, -0.05) is 36.4 Å². The molecule has 2 aromatic carbocycles. The topological polar surface area (TPSA) is 53.1 Å². The van der Waals surface area contributed by atoms with Crippen LogP contribution in [0.1, 0.15) is 24.9 Å². The molecule has 2 heterocycles. The average molecular weight is 408 g/mol. The Labute approximate surface area is 178 Å². The molecule has 2 saturated heterocycles. The number of anilines is 1. The van der Waals surface area contributed by atoms with E-state index in [-0.39, 0.29) is 23.8 Å². The van der Waals surface area contributed by atoms with Gasteiger partial charge in [0.15, 0.2) is 0 Å². The van der Waals surface area contributed by atoms with Crippen molar-refractivity contribution in [1.82, 2.24) is 9.80 Å². The summed E-state index contributed by atoms with van der Waals surface area (Å²) in [6, 6.07) is 18.0. The molecule has 158 valence electrons. The maximum absolute atomic E-state index is 13.1. The van der Waals surface area contributed by atoms with E-state index in [9.17, 15) is 9.59 Å². The van der Waals surface area contributed by atoms with Crippen LogP contribution in [-0.4, -0.2) is 61.4 Å². The van der Waals surface area contributed by atoms with Crippen LogP contribution in [-0.2, 0) is 9.59 Å². The molecule has 2 aromatic rings. The van der Waals surface area contributed by atoms with Crippen LogP contribution in [0.25, 0.3) is 0 Å². The summed E-state index contributed by atoms with van der Waals surface area (Å²) in [5, 5.41) is 0. The van der Waals surface area contributed by atoms with Crippen molar-refractivity contribution in [3.63, 3.8) is 0 Å². The van der Waals surface area contributed by atoms with E-state index in [4.69, 9.17) is 4.74 Å². The van der Waals surface area contributed by atoms with Crippen LogP contribution in [0, 0.1) is 5.92 Å². The Hall–Kier alpha value is -3.02. The number of hydrogen-bond donors (Lipinski definition) is 0. The highest BCUT2D eigenvalue weighted by Crippen LogP contribution is 2.30. The van der Waals surface area contributed by atoms with Crippen molar-refractivity contribution in [2.24, 2.45) is 5.92 Å². The summed E-state index contributed by atoms with van der Waals surface area (Å²) in [7, 11) is 1.67. The van der Waals surface area contributed by atoms with Crippen LogP contribution in [0.5, 0.6) is 5.75 Å². The third kappa shape index (κ3) is 4.13. The van der Waals surface area contributed by atoms with E-state index in [1.165, 1.54) is 0 Å². The smallest absolute Gasteiger partial charge is 0.228 e. The zero-order chi connectivity index (χ0) is 21.1. The molecule has 2 fully saturated rings. The van der Waals surface area contributed by atoms with Gasteiger partial charge < -0.3 is 19.4 Å². The number of carbonyl (C=O) groups is 2. The van der Waals surface area contributed by atoms with Gasteiger partial charge in [0, 0.05) is 50.9 Å². The highest BCUT2D eigenvalue weighted by atomic mass is 16.5. The van der Waals surface area contributed by atoms with Crippen molar-refractivity contribution < 1.29 is 14.3 Å². The third-order valence-corrected chi connectivity index (χ3v) is 6.27. The zero-order valence-electron chi connectivity index (χ0n) is 17.7. The number of ether oxygens (including phenoxy) is 1. The molecule has 6 nitrogen and oxygen atoms in total. The first-order valence-electron chi connectivity index (χ1n) is 10.6. The molecule has 0 aromatic heterocycles. The zero-order valence-corrected chi connectivity index (χ0v) is 17.7. The van der Waals surface area contributed by atoms with Crippen molar-refractivity contribution in [2.75, 3.05) is 44.7 Å². The van der Waals surface area contributed by atoms with Gasteiger partial charge in [0.1, 0.15) is 5.75 Å². The van der Waals surface area contributed by atoms with Gasteiger partial charge >= 0.3 is 0 Å². The molecule has 2 atom stereocenters. The summed E-state index contributed by atoms with van der Waals surface area (Å²) in [5.74, 6) is 0.770. The van der Waals surface area contributed by atoms with E-state index in [1.807, 2.05) is 65.3 Å². The largest absolute Gasteiger partial charge is 0.497 e. The van der Waals surface area contributed by atoms with Crippen LogP contribution >= 0.6 is 0 Å². The Bertz CT molecular complexity index is 894. The number of carbonyl (C=O) groups excluding carboxylic acids is 2. The molecule has 0 saturated carbocycles. The average Bonchev–Trinajstić information content (AvgIpc) is 3.20. The molecule has 0 bridgehead atoms. The van der Waals surface area contributed by atoms with Crippen LogP contribution < -0.4 is 9.64 Å². The second kappa shape index (κ2) is 8.78. The van der Waals surface area contributed by atoms with Crippen LogP contribution in [0.15, 0.2) is 54.6 Å². The lowest BCUT2D eigenvalue weighted by atomic mass is 10.1. The van der Waals surface area contributed by atoms with Gasteiger partial charge in [-0.15, -0.1) is 0 Å². The summed E-state index contributed by atoms with van der Waals surface area (Å²) in [6.07, 6.45) is 0.312. The Morgan fingerprint density at radius 1 is 1.03 bits per heavy atom. The van der Waals surface area contributed by atoms with Gasteiger partial charge in [-0.05, 0) is 24.6 Å². The van der Waals surface area contributed by atoms with E-state index in [2.05, 4.69) is 11.0 Å². The van der Waals surface area contributed by atoms with E-state index < -0.39 is 0 Å². The number of nitrogens with zero attached hydrogens (tertiary/aromatic N) is 3. The van der Waals surface area contributed by atoms with Crippen molar-refractivity contribution in [2.45, 2.75) is 19.4 Å². The quantitative estimate of drug-likeness (QED) is 0.765. The minimum atomic E-state index is -0.243. The molecule has 2 aliphatic rings. The number of likely N-dealkylation sites (tertiary alicyclic amines) is 1. The normalized spacial score (nSPS) is 20.4. The summed E-state index contributed by atoms with van der Waals surface area (Å²) < 4.78 is 5.32. The highest BCUT2D eigenvalue weighted by molar-refractivity contribution is 5.89. The van der Waals surface area contributed by atoms with E-state index >= 15 is 0 Å². The predicted octanol–water partition coefficient (Wildman–Crippen LogP) is 2.95. The third-order valence-electron chi connectivity index (χ3n) is 6.27. The van der Waals surface area contributed by atoms with Gasteiger partial charge in [0.2, 0.25) is 11.8 Å². The predicted molar refractivity (Wildman–Crippen MR) is 116 cm³/mol. The first kappa shape index (κ1) is 20.3. The summed E-state index contributed by atoms with van der Waals surface area (Å²) in [4.78, 5) is 31.8. The number of piperazine rings is 1. The Kier molecular flexibility index (Phi) is 5.93. The van der Waals surface area contributed by atoms with Crippen molar-refractivity contribution in [1.29, 1.82) is 0 Å². The second-order valence-corrected chi connectivity index (χ2v) is 8.05. The van der Waals surface area contributed by atoms with E-state index in [1.54, 1.807) is 7.11 Å². The molecule has 0 radical (unpaired) electrons. The Morgan fingerprint density at radius 2 is 1.77 bits per heavy atom. The fraction of sp³-hybridized carbons (Fsp3) is 0.417. The molecule has 30 heavy (non-hydrogen) atoms. The fourth-order valence-corrected chi connectivity index (χ4v) is 4.43. The lowest BCUT2D eigenvalue weighted by molar-refractivity contribution is -0.136. The summed E-state index contributed by atoms with van der Waals surface area (Å²) >= 11 is 0. The molecule has 2 aliphatic heterocycles. The molecule has 0 unspecified atom stereocenters. The SMILES string of the molecule is COc1cccc(N2CCN(C(=O)[C@H]3CC(=O)N([C@H](C)c4ccccc4)C3)CC2)c1. The van der Waals surface area contributed by atoms with Gasteiger partial charge in [0.05, 0.1) is 19.1 Å². The maximum Gasteiger partial charge on any atom is 0.228 e. The Balaban J connectivity index is 1.35. The highest BCUT2D eigenvalue weighted by Gasteiger charge is 2.39. The molecule has 6 heteroatoms. The van der Waals surface area contributed by atoms with Gasteiger partial charge in [0.25, 0.3) is 0 Å². The minimum Gasteiger partial charge on any atom is -0.497 e. The van der Waals surface area contributed by atoms with Crippen molar-refractivity contribution in [3.8, 4) is 5.75 Å². The Morgan fingerprint density at radius 3 is 2.47 bits per heavy atom. The van der Waals surface area contributed by atoms with Crippen LogP contribution in [0.2, 0.25) is 0 Å². The van der Waals surface area contributed by atoms with Crippen molar-refractivity contribution in [3.05, 3.63) is 60.2 Å². The van der Waals surface area contributed by atoms with Crippen molar-refractivity contribution >= 4 is 17.5 Å². The molecule has 4 rings (SSSR count). The van der Waals surface area contributed by atoms with Gasteiger partial charge in [-0.2, -0.15) is 0 Å². The molecule has 2 amide bonds. The number of hydrogen-bond acceptors (Lipinski definition) is 4. The van der Waals surface area contributed by atoms with E-state index in [0.29, 0.717) is 26.1 Å². The lowest BCUT2D eigenvalue weighted by Gasteiger charge is -2.37. The summed E-state index contributed by atoms with van der Waals surface area (Å²) in [6.45, 7) is 5.45. The first-order chi connectivity index (χ1) is 14.6. The number of rotatable bonds is 5.